The average Bonchev–Trinajstić information content (AvgIpc) is 3.08. The molecule has 5 rings (SSSR count). The average molecular weight is 416 g/mol. The van der Waals surface area contributed by atoms with Gasteiger partial charge in [0.1, 0.15) is 11.6 Å². The number of benzene rings is 2. The van der Waals surface area contributed by atoms with E-state index in [1.54, 1.807) is 25.4 Å². The minimum Gasteiger partial charge on any atom is -0.497 e. The van der Waals surface area contributed by atoms with Crippen LogP contribution < -0.4 is 10.1 Å². The Morgan fingerprint density at radius 2 is 1.77 bits per heavy atom. The van der Waals surface area contributed by atoms with Crippen LogP contribution in [-0.2, 0) is 16.1 Å². The fourth-order valence-corrected chi connectivity index (χ4v) is 4.02. The van der Waals surface area contributed by atoms with E-state index in [-0.39, 0.29) is 37.1 Å². The van der Waals surface area contributed by atoms with Gasteiger partial charge in [-0.25, -0.2) is 9.99 Å². The number of hydrazine groups is 1. The molecule has 0 radical (unpaired) electrons. The maximum atomic E-state index is 12.8. The summed E-state index contributed by atoms with van der Waals surface area (Å²) in [6.45, 7) is 0.187. The molecule has 2 aliphatic rings. The van der Waals surface area contributed by atoms with Crippen LogP contribution in [-0.4, -0.2) is 39.8 Å². The summed E-state index contributed by atoms with van der Waals surface area (Å²) in [4.78, 5) is 41.7. The number of hydrogen-bond donors (Lipinski definition) is 1. The topological polar surface area (TPSA) is 91.8 Å². The zero-order valence-electron chi connectivity index (χ0n) is 16.9. The molecule has 0 saturated carbocycles. The first-order valence-corrected chi connectivity index (χ1v) is 10.0. The second-order valence-electron chi connectivity index (χ2n) is 7.60. The van der Waals surface area contributed by atoms with Gasteiger partial charge < -0.3 is 10.1 Å². The third-order valence-corrected chi connectivity index (χ3v) is 5.59. The molecule has 0 bridgehead atoms. The SMILES string of the molecule is COc1ccc2cc(Nc3ccc4c(c3)CN(N3C(=O)CCCC3=O)C4=O)ncc2c1. The van der Waals surface area contributed by atoms with Crippen LogP contribution in [0.2, 0.25) is 0 Å². The number of anilines is 2. The van der Waals surface area contributed by atoms with E-state index in [2.05, 4.69) is 10.3 Å². The molecule has 3 heterocycles. The van der Waals surface area contributed by atoms with Gasteiger partial charge in [-0.3, -0.25) is 14.4 Å². The predicted molar refractivity (Wildman–Crippen MR) is 114 cm³/mol. The lowest BCUT2D eigenvalue weighted by Gasteiger charge is -2.32. The van der Waals surface area contributed by atoms with Gasteiger partial charge in [0.25, 0.3) is 5.91 Å². The van der Waals surface area contributed by atoms with Gasteiger partial charge in [0, 0.05) is 35.7 Å². The molecule has 0 spiro atoms. The number of pyridine rings is 1. The summed E-state index contributed by atoms with van der Waals surface area (Å²) in [5.74, 6) is 0.456. The molecule has 31 heavy (non-hydrogen) atoms. The Labute approximate surface area is 178 Å². The highest BCUT2D eigenvalue weighted by Gasteiger charge is 2.39. The van der Waals surface area contributed by atoms with Crippen molar-refractivity contribution in [1.82, 2.24) is 15.0 Å². The highest BCUT2D eigenvalue weighted by atomic mass is 16.5. The van der Waals surface area contributed by atoms with Crippen LogP contribution in [0.25, 0.3) is 10.8 Å². The molecule has 3 amide bonds. The fraction of sp³-hybridized carbons (Fsp3) is 0.217. The van der Waals surface area contributed by atoms with Crippen molar-refractivity contribution in [2.45, 2.75) is 25.8 Å². The number of methoxy groups -OCH3 is 1. The molecule has 3 aromatic rings. The molecule has 1 saturated heterocycles. The lowest BCUT2D eigenvalue weighted by atomic mass is 10.1. The van der Waals surface area contributed by atoms with E-state index in [0.29, 0.717) is 17.8 Å². The number of hydrogen-bond acceptors (Lipinski definition) is 6. The quantitative estimate of drug-likeness (QED) is 0.656. The monoisotopic (exact) mass is 416 g/mol. The van der Waals surface area contributed by atoms with Crippen molar-refractivity contribution in [1.29, 1.82) is 0 Å². The van der Waals surface area contributed by atoms with Crippen LogP contribution in [0.1, 0.15) is 35.2 Å². The standard InChI is InChI=1S/C23H20N4O4/c1-31-18-7-5-14-11-20(24-12-15(14)10-18)25-17-6-8-19-16(9-17)13-26(23(19)30)27-21(28)3-2-4-22(27)29/h5-12H,2-4,13H2,1H3,(H,24,25). The van der Waals surface area contributed by atoms with Gasteiger partial charge in [-0.05, 0) is 53.8 Å². The number of carbonyl (C=O) groups excluding carboxylic acids is 3. The number of carbonyl (C=O) groups is 3. The number of nitrogens with one attached hydrogen (secondary N) is 1. The van der Waals surface area contributed by atoms with Crippen molar-refractivity contribution in [3.63, 3.8) is 0 Å². The van der Waals surface area contributed by atoms with Crippen LogP contribution in [0.15, 0.2) is 48.7 Å². The Balaban J connectivity index is 1.38. The Bertz CT molecular complexity index is 1220. The van der Waals surface area contributed by atoms with Crippen molar-refractivity contribution in [2.75, 3.05) is 12.4 Å². The van der Waals surface area contributed by atoms with Gasteiger partial charge in [-0.1, -0.05) is 6.07 Å². The second kappa shape index (κ2) is 7.39. The summed E-state index contributed by atoms with van der Waals surface area (Å²) in [6, 6.07) is 13.1. The van der Waals surface area contributed by atoms with Gasteiger partial charge in [0.2, 0.25) is 11.8 Å². The summed E-state index contributed by atoms with van der Waals surface area (Å²) < 4.78 is 5.24. The molecular formula is C23H20N4O4. The van der Waals surface area contributed by atoms with Gasteiger partial charge in [-0.2, -0.15) is 5.01 Å². The number of amides is 3. The number of imide groups is 1. The number of fused-ring (bicyclic) bond motifs is 2. The second-order valence-corrected chi connectivity index (χ2v) is 7.60. The smallest absolute Gasteiger partial charge is 0.273 e. The van der Waals surface area contributed by atoms with Crippen molar-refractivity contribution >= 4 is 40.0 Å². The van der Waals surface area contributed by atoms with E-state index in [4.69, 9.17) is 4.74 Å². The van der Waals surface area contributed by atoms with Crippen LogP contribution in [0, 0.1) is 0 Å². The summed E-state index contributed by atoms with van der Waals surface area (Å²) >= 11 is 0. The van der Waals surface area contributed by atoms with E-state index >= 15 is 0 Å². The fourth-order valence-electron chi connectivity index (χ4n) is 4.02. The maximum Gasteiger partial charge on any atom is 0.273 e. The van der Waals surface area contributed by atoms with Crippen LogP contribution in [0.3, 0.4) is 0 Å². The third-order valence-electron chi connectivity index (χ3n) is 5.59. The molecule has 8 heteroatoms. The lowest BCUT2D eigenvalue weighted by molar-refractivity contribution is -0.163. The van der Waals surface area contributed by atoms with E-state index in [1.165, 1.54) is 5.01 Å². The van der Waals surface area contributed by atoms with Crippen molar-refractivity contribution < 1.29 is 19.1 Å². The molecule has 1 fully saturated rings. The molecule has 156 valence electrons. The van der Waals surface area contributed by atoms with Crippen molar-refractivity contribution in [3.8, 4) is 5.75 Å². The summed E-state index contributed by atoms with van der Waals surface area (Å²) in [7, 11) is 1.63. The van der Waals surface area contributed by atoms with E-state index < -0.39 is 0 Å². The summed E-state index contributed by atoms with van der Waals surface area (Å²) in [6.07, 6.45) is 2.85. The molecule has 2 aliphatic heterocycles. The van der Waals surface area contributed by atoms with Crippen molar-refractivity contribution in [2.24, 2.45) is 0 Å². The lowest BCUT2D eigenvalue weighted by Crippen LogP contribution is -2.51. The summed E-state index contributed by atoms with van der Waals surface area (Å²) in [5, 5.41) is 7.51. The molecule has 0 atom stereocenters. The van der Waals surface area contributed by atoms with E-state index in [1.807, 2.05) is 30.3 Å². The number of ether oxygens (including phenoxy) is 1. The first kappa shape index (κ1) is 19.0. The summed E-state index contributed by atoms with van der Waals surface area (Å²) in [5.41, 5.74) is 2.02. The highest BCUT2D eigenvalue weighted by molar-refractivity contribution is 6.04. The first-order chi connectivity index (χ1) is 15.0. The molecule has 8 nitrogen and oxygen atoms in total. The first-order valence-electron chi connectivity index (χ1n) is 10.0. The minimum atomic E-state index is -0.331. The van der Waals surface area contributed by atoms with Crippen LogP contribution in [0.5, 0.6) is 5.75 Å². The largest absolute Gasteiger partial charge is 0.497 e. The molecule has 0 aliphatic carbocycles. The maximum absolute atomic E-state index is 12.8. The third kappa shape index (κ3) is 3.35. The molecule has 0 unspecified atom stereocenters. The normalized spacial score (nSPS) is 16.1. The number of aromatic nitrogens is 1. The zero-order chi connectivity index (χ0) is 21.5. The van der Waals surface area contributed by atoms with Gasteiger partial charge in [0.15, 0.2) is 0 Å². The van der Waals surface area contributed by atoms with Crippen LogP contribution >= 0.6 is 0 Å². The number of rotatable bonds is 4. The number of nitrogens with zero attached hydrogens (tertiary/aromatic N) is 3. The number of piperidine rings is 1. The molecule has 2 aromatic carbocycles. The van der Waals surface area contributed by atoms with Crippen LogP contribution in [0.4, 0.5) is 11.5 Å². The van der Waals surface area contributed by atoms with Gasteiger partial charge in [0.05, 0.1) is 13.7 Å². The van der Waals surface area contributed by atoms with E-state index in [0.717, 1.165) is 32.8 Å². The molecule has 1 N–H and O–H groups in total. The van der Waals surface area contributed by atoms with E-state index in [9.17, 15) is 14.4 Å². The zero-order valence-corrected chi connectivity index (χ0v) is 16.9. The van der Waals surface area contributed by atoms with Crippen molar-refractivity contribution in [3.05, 3.63) is 59.8 Å². The Hall–Kier alpha value is -3.94. The molecule has 1 aromatic heterocycles. The highest BCUT2D eigenvalue weighted by Crippen LogP contribution is 2.30. The Kier molecular flexibility index (Phi) is 4.54. The molecular weight excluding hydrogens is 396 g/mol. The predicted octanol–water partition coefficient (Wildman–Crippen LogP) is 3.40. The Morgan fingerprint density at radius 1 is 0.968 bits per heavy atom. The minimum absolute atomic E-state index is 0.187. The van der Waals surface area contributed by atoms with Gasteiger partial charge in [-0.15, -0.1) is 0 Å². The Morgan fingerprint density at radius 3 is 2.55 bits per heavy atom. The van der Waals surface area contributed by atoms with Gasteiger partial charge >= 0.3 is 0 Å².